The van der Waals surface area contributed by atoms with Gasteiger partial charge in [-0.1, -0.05) is 12.1 Å². The SMILES string of the molecule is CSC(C)C(=O)NCCc1ccc(C(=O)O)cc1. The lowest BCUT2D eigenvalue weighted by atomic mass is 10.1. The minimum atomic E-state index is -0.927. The third kappa shape index (κ3) is 4.41. The summed E-state index contributed by atoms with van der Waals surface area (Å²) in [7, 11) is 0. The predicted octanol–water partition coefficient (Wildman–Crippen LogP) is 1.80. The number of rotatable bonds is 6. The van der Waals surface area contributed by atoms with Crippen LogP contribution in [0.2, 0.25) is 0 Å². The molecule has 0 aliphatic carbocycles. The van der Waals surface area contributed by atoms with Crippen LogP contribution in [0.3, 0.4) is 0 Å². The molecular formula is C13H17NO3S. The Morgan fingerprint density at radius 2 is 1.94 bits per heavy atom. The van der Waals surface area contributed by atoms with E-state index in [0.717, 1.165) is 5.56 Å². The smallest absolute Gasteiger partial charge is 0.335 e. The number of amides is 1. The number of carbonyl (C=O) groups is 2. The highest BCUT2D eigenvalue weighted by molar-refractivity contribution is 7.99. The summed E-state index contributed by atoms with van der Waals surface area (Å²) in [5.74, 6) is -0.895. The summed E-state index contributed by atoms with van der Waals surface area (Å²) in [5, 5.41) is 11.6. The zero-order valence-electron chi connectivity index (χ0n) is 10.5. The Morgan fingerprint density at radius 1 is 1.33 bits per heavy atom. The minimum Gasteiger partial charge on any atom is -0.478 e. The van der Waals surface area contributed by atoms with E-state index in [0.29, 0.717) is 13.0 Å². The van der Waals surface area contributed by atoms with Crippen LogP contribution in [0.4, 0.5) is 0 Å². The molecule has 98 valence electrons. The van der Waals surface area contributed by atoms with Crippen LogP contribution >= 0.6 is 11.8 Å². The van der Waals surface area contributed by atoms with Gasteiger partial charge in [-0.15, -0.1) is 0 Å². The molecule has 0 aliphatic rings. The summed E-state index contributed by atoms with van der Waals surface area (Å²) < 4.78 is 0. The summed E-state index contributed by atoms with van der Waals surface area (Å²) in [6.45, 7) is 2.43. The van der Waals surface area contributed by atoms with E-state index in [4.69, 9.17) is 5.11 Å². The molecule has 1 rings (SSSR count). The van der Waals surface area contributed by atoms with Crippen molar-refractivity contribution in [3.05, 3.63) is 35.4 Å². The van der Waals surface area contributed by atoms with Crippen LogP contribution in [0.1, 0.15) is 22.8 Å². The predicted molar refractivity (Wildman–Crippen MR) is 73.1 cm³/mol. The first-order chi connectivity index (χ1) is 8.54. The number of hydrogen-bond acceptors (Lipinski definition) is 3. The standard InChI is InChI=1S/C13H17NO3S/c1-9(18-2)12(15)14-8-7-10-3-5-11(6-4-10)13(16)17/h3-6,9H,7-8H2,1-2H3,(H,14,15)(H,16,17). The monoisotopic (exact) mass is 267 g/mol. The normalized spacial score (nSPS) is 11.9. The topological polar surface area (TPSA) is 66.4 Å². The summed E-state index contributed by atoms with van der Waals surface area (Å²) >= 11 is 1.51. The van der Waals surface area contributed by atoms with Crippen molar-refractivity contribution in [2.75, 3.05) is 12.8 Å². The molecular weight excluding hydrogens is 250 g/mol. The summed E-state index contributed by atoms with van der Waals surface area (Å²) in [5.41, 5.74) is 1.29. The highest BCUT2D eigenvalue weighted by atomic mass is 32.2. The molecule has 0 fully saturated rings. The van der Waals surface area contributed by atoms with Gasteiger partial charge in [-0.05, 0) is 37.3 Å². The molecule has 1 aromatic rings. The molecule has 1 unspecified atom stereocenters. The van der Waals surface area contributed by atoms with Crippen molar-refractivity contribution in [2.24, 2.45) is 0 Å². The van der Waals surface area contributed by atoms with E-state index < -0.39 is 5.97 Å². The number of benzene rings is 1. The van der Waals surface area contributed by atoms with Crippen molar-refractivity contribution in [3.8, 4) is 0 Å². The van der Waals surface area contributed by atoms with E-state index in [-0.39, 0.29) is 16.7 Å². The fourth-order valence-corrected chi connectivity index (χ4v) is 1.69. The Kier molecular flexibility index (Phi) is 5.71. The molecule has 18 heavy (non-hydrogen) atoms. The average molecular weight is 267 g/mol. The van der Waals surface area contributed by atoms with Crippen LogP contribution in [0.5, 0.6) is 0 Å². The van der Waals surface area contributed by atoms with Crippen LogP contribution in [0.15, 0.2) is 24.3 Å². The van der Waals surface area contributed by atoms with Gasteiger partial charge in [0.05, 0.1) is 10.8 Å². The maximum atomic E-state index is 11.5. The quantitative estimate of drug-likeness (QED) is 0.824. The summed E-state index contributed by atoms with van der Waals surface area (Å²) in [6, 6.07) is 6.69. The van der Waals surface area contributed by atoms with Gasteiger partial charge in [-0.2, -0.15) is 11.8 Å². The lowest BCUT2D eigenvalue weighted by Crippen LogP contribution is -2.32. The highest BCUT2D eigenvalue weighted by Gasteiger charge is 2.09. The molecule has 0 heterocycles. The Morgan fingerprint density at radius 3 is 2.44 bits per heavy atom. The van der Waals surface area contributed by atoms with Gasteiger partial charge in [0.15, 0.2) is 0 Å². The molecule has 5 heteroatoms. The van der Waals surface area contributed by atoms with Gasteiger partial charge >= 0.3 is 5.97 Å². The van der Waals surface area contributed by atoms with Gasteiger partial charge in [0.1, 0.15) is 0 Å². The van der Waals surface area contributed by atoms with Gasteiger partial charge in [0.25, 0.3) is 0 Å². The van der Waals surface area contributed by atoms with Gasteiger partial charge in [-0.3, -0.25) is 4.79 Å². The number of carboxylic acid groups (broad SMARTS) is 1. The maximum absolute atomic E-state index is 11.5. The van der Waals surface area contributed by atoms with Crippen molar-refractivity contribution in [1.82, 2.24) is 5.32 Å². The van der Waals surface area contributed by atoms with Gasteiger partial charge in [-0.25, -0.2) is 4.79 Å². The van der Waals surface area contributed by atoms with E-state index in [1.54, 1.807) is 24.3 Å². The van der Waals surface area contributed by atoms with E-state index in [1.165, 1.54) is 11.8 Å². The second-order valence-corrected chi connectivity index (χ2v) is 5.10. The zero-order chi connectivity index (χ0) is 13.5. The second-order valence-electron chi connectivity index (χ2n) is 3.92. The van der Waals surface area contributed by atoms with E-state index in [2.05, 4.69) is 5.32 Å². The number of nitrogens with one attached hydrogen (secondary N) is 1. The second kappa shape index (κ2) is 7.06. The molecule has 0 spiro atoms. The third-order valence-electron chi connectivity index (χ3n) is 2.64. The molecule has 0 saturated carbocycles. The Balaban J connectivity index is 2.40. The van der Waals surface area contributed by atoms with Crippen LogP contribution in [-0.2, 0) is 11.2 Å². The highest BCUT2D eigenvalue weighted by Crippen LogP contribution is 2.06. The first-order valence-electron chi connectivity index (χ1n) is 5.67. The van der Waals surface area contributed by atoms with Crippen LogP contribution in [0, 0.1) is 0 Å². The summed E-state index contributed by atoms with van der Waals surface area (Å²) in [4.78, 5) is 22.2. The number of thioether (sulfide) groups is 1. The van der Waals surface area contributed by atoms with Crippen LogP contribution in [-0.4, -0.2) is 35.0 Å². The maximum Gasteiger partial charge on any atom is 0.335 e. The fraction of sp³-hybridized carbons (Fsp3) is 0.385. The van der Waals surface area contributed by atoms with Gasteiger partial charge in [0, 0.05) is 6.54 Å². The first kappa shape index (κ1) is 14.6. The Bertz CT molecular complexity index is 417. The molecule has 0 radical (unpaired) electrons. The zero-order valence-corrected chi connectivity index (χ0v) is 11.3. The van der Waals surface area contributed by atoms with Crippen molar-refractivity contribution in [1.29, 1.82) is 0 Å². The molecule has 0 aliphatic heterocycles. The number of carboxylic acids is 1. The Hall–Kier alpha value is -1.49. The van der Waals surface area contributed by atoms with Gasteiger partial charge < -0.3 is 10.4 Å². The van der Waals surface area contributed by atoms with Crippen molar-refractivity contribution in [3.63, 3.8) is 0 Å². The molecule has 1 amide bonds. The van der Waals surface area contributed by atoms with Gasteiger partial charge in [0.2, 0.25) is 5.91 Å². The number of carbonyl (C=O) groups excluding carboxylic acids is 1. The lowest BCUT2D eigenvalue weighted by Gasteiger charge is -2.09. The molecule has 1 atom stereocenters. The number of hydrogen-bond donors (Lipinski definition) is 2. The first-order valence-corrected chi connectivity index (χ1v) is 6.96. The Labute approximate surface area is 111 Å². The summed E-state index contributed by atoms with van der Waals surface area (Å²) in [6.07, 6.45) is 2.60. The lowest BCUT2D eigenvalue weighted by molar-refractivity contribution is -0.120. The van der Waals surface area contributed by atoms with Crippen LogP contribution < -0.4 is 5.32 Å². The largest absolute Gasteiger partial charge is 0.478 e. The number of aromatic carboxylic acids is 1. The van der Waals surface area contributed by atoms with Crippen LogP contribution in [0.25, 0.3) is 0 Å². The molecule has 0 saturated heterocycles. The van der Waals surface area contributed by atoms with Crippen molar-refractivity contribution in [2.45, 2.75) is 18.6 Å². The van der Waals surface area contributed by atoms with E-state index >= 15 is 0 Å². The molecule has 0 bridgehead atoms. The minimum absolute atomic E-state index is 0.0321. The average Bonchev–Trinajstić information content (AvgIpc) is 2.38. The van der Waals surface area contributed by atoms with E-state index in [9.17, 15) is 9.59 Å². The van der Waals surface area contributed by atoms with Crippen molar-refractivity contribution >= 4 is 23.6 Å². The fourth-order valence-electron chi connectivity index (χ4n) is 1.39. The molecule has 2 N–H and O–H groups in total. The molecule has 0 aromatic heterocycles. The van der Waals surface area contributed by atoms with E-state index in [1.807, 2.05) is 13.2 Å². The third-order valence-corrected chi connectivity index (χ3v) is 3.56. The van der Waals surface area contributed by atoms with Crippen molar-refractivity contribution < 1.29 is 14.7 Å². The molecule has 4 nitrogen and oxygen atoms in total. The molecule has 1 aromatic carbocycles.